The number of hydrogen-bond donors (Lipinski definition) is 1. The van der Waals surface area contributed by atoms with Crippen LogP contribution < -0.4 is 14.4 Å². The van der Waals surface area contributed by atoms with Crippen LogP contribution in [0.2, 0.25) is 5.02 Å². The largest absolute Gasteiger partial charge is 0.496 e. The molecule has 192 valence electrons. The van der Waals surface area contributed by atoms with Crippen molar-refractivity contribution in [2.24, 2.45) is 0 Å². The van der Waals surface area contributed by atoms with Crippen LogP contribution >= 0.6 is 11.6 Å². The van der Waals surface area contributed by atoms with Crippen molar-refractivity contribution >= 4 is 33.2 Å². The Kier molecular flexibility index (Phi) is 8.69. The van der Waals surface area contributed by atoms with Crippen molar-refractivity contribution in [2.75, 3.05) is 18.0 Å². The van der Waals surface area contributed by atoms with Crippen molar-refractivity contribution in [3.8, 4) is 5.75 Å². The van der Waals surface area contributed by atoms with Gasteiger partial charge < -0.3 is 10.1 Å². The van der Waals surface area contributed by atoms with Crippen LogP contribution in [0.3, 0.4) is 0 Å². The van der Waals surface area contributed by atoms with E-state index in [0.717, 1.165) is 32.3 Å². The number of aryl methyl sites for hydroxylation is 2. The molecular formula is C28H33ClN2O4S. The van der Waals surface area contributed by atoms with Crippen molar-refractivity contribution in [2.45, 2.75) is 51.5 Å². The number of benzene rings is 3. The van der Waals surface area contributed by atoms with Crippen LogP contribution in [-0.2, 0) is 14.8 Å². The fourth-order valence-electron chi connectivity index (χ4n) is 4.07. The lowest BCUT2D eigenvalue weighted by Gasteiger charge is -2.26. The lowest BCUT2D eigenvalue weighted by molar-refractivity contribution is -0.120. The number of nitrogens with zero attached hydrogens (tertiary/aromatic N) is 1. The molecule has 0 aliphatic heterocycles. The summed E-state index contributed by atoms with van der Waals surface area (Å²) in [6, 6.07) is 16.6. The fraction of sp³-hybridized carbons (Fsp3) is 0.321. The number of carbonyl (C=O) groups is 1. The number of nitrogens with one attached hydrogen (secondary N) is 1. The summed E-state index contributed by atoms with van der Waals surface area (Å²) < 4.78 is 33.8. The Labute approximate surface area is 219 Å². The highest BCUT2D eigenvalue weighted by molar-refractivity contribution is 7.92. The van der Waals surface area contributed by atoms with Crippen LogP contribution in [0.4, 0.5) is 5.69 Å². The molecule has 0 aromatic heterocycles. The van der Waals surface area contributed by atoms with E-state index in [0.29, 0.717) is 10.7 Å². The summed E-state index contributed by atoms with van der Waals surface area (Å²) in [6.07, 6.45) is 0. The predicted molar refractivity (Wildman–Crippen MR) is 146 cm³/mol. The lowest BCUT2D eigenvalue weighted by Crippen LogP contribution is -2.41. The van der Waals surface area contributed by atoms with Gasteiger partial charge in [0.05, 0.1) is 23.7 Å². The van der Waals surface area contributed by atoms with Crippen molar-refractivity contribution in [1.29, 1.82) is 0 Å². The number of halogens is 1. The summed E-state index contributed by atoms with van der Waals surface area (Å²) in [5, 5.41) is 3.41. The van der Waals surface area contributed by atoms with Crippen LogP contribution in [-0.4, -0.2) is 28.0 Å². The minimum absolute atomic E-state index is 0.0564. The average Bonchev–Trinajstić information content (AvgIpc) is 2.82. The van der Waals surface area contributed by atoms with Gasteiger partial charge in [0, 0.05) is 5.02 Å². The second-order valence-corrected chi connectivity index (χ2v) is 11.5. The van der Waals surface area contributed by atoms with E-state index in [2.05, 4.69) is 19.2 Å². The minimum Gasteiger partial charge on any atom is -0.496 e. The van der Waals surface area contributed by atoms with Crippen molar-refractivity contribution in [1.82, 2.24) is 5.32 Å². The first-order chi connectivity index (χ1) is 16.9. The van der Waals surface area contributed by atoms with Gasteiger partial charge >= 0.3 is 0 Å². The number of methoxy groups -OCH3 is 1. The summed E-state index contributed by atoms with van der Waals surface area (Å²) in [5.41, 5.74) is 4.37. The SMILES string of the molecule is COc1cc(C)c([C@@H](C)NC(=O)CN(c2ccc(C)cc2)S(=O)(=O)c2ccc(Cl)cc2)cc1C(C)C. The van der Waals surface area contributed by atoms with E-state index in [-0.39, 0.29) is 23.4 Å². The second kappa shape index (κ2) is 11.4. The molecule has 3 aromatic carbocycles. The molecule has 8 heteroatoms. The van der Waals surface area contributed by atoms with Gasteiger partial charge in [-0.25, -0.2) is 8.42 Å². The van der Waals surface area contributed by atoms with Crippen molar-refractivity contribution < 1.29 is 17.9 Å². The Morgan fingerprint density at radius 2 is 1.58 bits per heavy atom. The molecule has 6 nitrogen and oxygen atoms in total. The van der Waals surface area contributed by atoms with Gasteiger partial charge in [-0.3, -0.25) is 9.10 Å². The van der Waals surface area contributed by atoms with E-state index in [1.54, 1.807) is 19.2 Å². The summed E-state index contributed by atoms with van der Waals surface area (Å²) in [5.74, 6) is 0.634. The van der Waals surface area contributed by atoms with E-state index >= 15 is 0 Å². The molecule has 36 heavy (non-hydrogen) atoms. The summed E-state index contributed by atoms with van der Waals surface area (Å²) in [6.45, 7) is 9.57. The van der Waals surface area contributed by atoms with Gasteiger partial charge in [-0.1, -0.05) is 43.1 Å². The molecule has 0 heterocycles. The van der Waals surface area contributed by atoms with Gasteiger partial charge in [-0.15, -0.1) is 0 Å². The van der Waals surface area contributed by atoms with Gasteiger partial charge in [0.15, 0.2) is 0 Å². The third kappa shape index (κ3) is 6.20. The molecule has 0 saturated carbocycles. The van der Waals surface area contributed by atoms with Crippen molar-refractivity contribution in [3.05, 3.63) is 87.9 Å². The Balaban J connectivity index is 1.91. The van der Waals surface area contributed by atoms with Gasteiger partial charge in [-0.2, -0.15) is 0 Å². The third-order valence-corrected chi connectivity index (χ3v) is 8.14. The van der Waals surface area contributed by atoms with Gasteiger partial charge in [0.25, 0.3) is 10.0 Å². The van der Waals surface area contributed by atoms with Crippen LogP contribution in [0.1, 0.15) is 55.0 Å². The maximum absolute atomic E-state index is 13.6. The molecule has 1 amide bonds. The number of anilines is 1. The number of carbonyl (C=O) groups excluding carboxylic acids is 1. The molecule has 0 radical (unpaired) electrons. The monoisotopic (exact) mass is 528 g/mol. The Morgan fingerprint density at radius 3 is 2.14 bits per heavy atom. The number of sulfonamides is 1. The standard InChI is InChI=1S/C28H33ClN2O4S/c1-18(2)25-16-26(20(4)15-27(25)35-6)21(5)30-28(32)17-31(23-11-7-19(3)8-12-23)36(33,34)24-13-9-22(29)10-14-24/h7-16,18,21H,17H2,1-6H3,(H,30,32)/t21-/m1/s1. The van der Waals surface area contributed by atoms with Gasteiger partial charge in [0.1, 0.15) is 12.3 Å². The highest BCUT2D eigenvalue weighted by Gasteiger charge is 2.28. The quantitative estimate of drug-likeness (QED) is 0.361. The highest BCUT2D eigenvalue weighted by Crippen LogP contribution is 2.32. The minimum atomic E-state index is -4.02. The normalized spacial score (nSPS) is 12.3. The zero-order valence-corrected chi connectivity index (χ0v) is 23.1. The van der Waals surface area contributed by atoms with E-state index < -0.39 is 15.9 Å². The van der Waals surface area contributed by atoms with E-state index in [1.165, 1.54) is 24.3 Å². The molecule has 0 unspecified atom stereocenters. The van der Waals surface area contributed by atoms with Crippen LogP contribution in [0.25, 0.3) is 0 Å². The smallest absolute Gasteiger partial charge is 0.264 e. The first-order valence-corrected chi connectivity index (χ1v) is 13.6. The molecule has 0 aliphatic rings. The van der Waals surface area contributed by atoms with Crippen LogP contribution in [0.5, 0.6) is 5.75 Å². The summed E-state index contributed by atoms with van der Waals surface area (Å²) in [7, 11) is -2.37. The molecule has 0 fully saturated rings. The van der Waals surface area contributed by atoms with Gasteiger partial charge in [-0.05, 0) is 91.9 Å². The molecular weight excluding hydrogens is 496 g/mol. The van der Waals surface area contributed by atoms with E-state index in [4.69, 9.17) is 16.3 Å². The molecule has 3 aromatic rings. The molecule has 1 atom stereocenters. The average molecular weight is 529 g/mol. The number of hydrogen-bond acceptors (Lipinski definition) is 4. The first kappa shape index (κ1) is 27.6. The molecule has 1 N–H and O–H groups in total. The van der Waals surface area contributed by atoms with Crippen LogP contribution in [0, 0.1) is 13.8 Å². The summed E-state index contributed by atoms with van der Waals surface area (Å²) in [4.78, 5) is 13.3. The zero-order chi connectivity index (χ0) is 26.6. The zero-order valence-electron chi connectivity index (χ0n) is 21.5. The molecule has 0 spiro atoms. The molecule has 0 saturated heterocycles. The van der Waals surface area contributed by atoms with E-state index in [1.807, 2.05) is 45.0 Å². The maximum atomic E-state index is 13.6. The highest BCUT2D eigenvalue weighted by atomic mass is 35.5. The number of ether oxygens (including phenoxy) is 1. The van der Waals surface area contributed by atoms with E-state index in [9.17, 15) is 13.2 Å². The topological polar surface area (TPSA) is 75.7 Å². The Morgan fingerprint density at radius 1 is 0.972 bits per heavy atom. The molecule has 0 aliphatic carbocycles. The predicted octanol–water partition coefficient (Wildman–Crippen LogP) is 6.16. The number of amides is 1. The van der Waals surface area contributed by atoms with Gasteiger partial charge in [0.2, 0.25) is 5.91 Å². The Bertz CT molecular complexity index is 1320. The van der Waals surface area contributed by atoms with Crippen LogP contribution in [0.15, 0.2) is 65.6 Å². The Hall–Kier alpha value is -3.03. The third-order valence-electron chi connectivity index (χ3n) is 6.10. The lowest BCUT2D eigenvalue weighted by atomic mass is 9.93. The first-order valence-electron chi connectivity index (χ1n) is 11.8. The summed E-state index contributed by atoms with van der Waals surface area (Å²) >= 11 is 5.96. The maximum Gasteiger partial charge on any atom is 0.264 e. The number of rotatable bonds is 9. The fourth-order valence-corrected chi connectivity index (χ4v) is 5.61. The molecule has 0 bridgehead atoms. The molecule has 3 rings (SSSR count). The second-order valence-electron chi connectivity index (χ2n) is 9.20. The van der Waals surface area contributed by atoms with Crippen molar-refractivity contribution in [3.63, 3.8) is 0 Å².